The number of carboxylic acids is 1. The summed E-state index contributed by atoms with van der Waals surface area (Å²) in [6.07, 6.45) is 1.70. The summed E-state index contributed by atoms with van der Waals surface area (Å²) in [7, 11) is 0. The van der Waals surface area contributed by atoms with E-state index in [-0.39, 0.29) is 28.8 Å². The molecule has 0 bridgehead atoms. The molecule has 0 radical (unpaired) electrons. The van der Waals surface area contributed by atoms with Crippen LogP contribution in [0.3, 0.4) is 0 Å². The SMILES string of the molecule is C[C@@H](NC(=O)C1CC1)c1onc(-c2ccc(F)cc2)c1C(=O)O. The van der Waals surface area contributed by atoms with Crippen molar-refractivity contribution in [3.8, 4) is 11.3 Å². The lowest BCUT2D eigenvalue weighted by Gasteiger charge is -2.11. The molecule has 1 saturated carbocycles. The van der Waals surface area contributed by atoms with E-state index >= 15 is 0 Å². The highest BCUT2D eigenvalue weighted by Gasteiger charge is 2.33. The molecular formula is C16H15FN2O4. The van der Waals surface area contributed by atoms with Gasteiger partial charge in [0.2, 0.25) is 5.91 Å². The second-order valence-corrected chi connectivity index (χ2v) is 5.59. The molecule has 0 saturated heterocycles. The number of nitrogens with one attached hydrogen (secondary N) is 1. The number of carbonyl (C=O) groups excluding carboxylic acids is 1. The van der Waals surface area contributed by atoms with Crippen molar-refractivity contribution in [2.24, 2.45) is 5.92 Å². The van der Waals surface area contributed by atoms with Crippen LogP contribution in [0.25, 0.3) is 11.3 Å². The van der Waals surface area contributed by atoms with Crippen molar-refractivity contribution in [3.63, 3.8) is 0 Å². The first-order valence-electron chi connectivity index (χ1n) is 7.26. The fraction of sp³-hybridized carbons (Fsp3) is 0.312. The molecule has 3 rings (SSSR count). The number of nitrogens with zero attached hydrogens (tertiary/aromatic N) is 1. The minimum absolute atomic E-state index is 0.00483. The van der Waals surface area contributed by atoms with Gasteiger partial charge in [0.05, 0.1) is 6.04 Å². The van der Waals surface area contributed by atoms with Crippen molar-refractivity contribution in [1.29, 1.82) is 0 Å². The number of aromatic carboxylic acids is 1. The number of hydrogen-bond donors (Lipinski definition) is 2. The zero-order valence-corrected chi connectivity index (χ0v) is 12.4. The Morgan fingerprint density at radius 2 is 2.00 bits per heavy atom. The van der Waals surface area contributed by atoms with Crippen molar-refractivity contribution >= 4 is 11.9 Å². The van der Waals surface area contributed by atoms with Crippen LogP contribution < -0.4 is 5.32 Å². The summed E-state index contributed by atoms with van der Waals surface area (Å²) in [6, 6.07) is 4.67. The monoisotopic (exact) mass is 318 g/mol. The normalized spacial score (nSPS) is 15.2. The molecule has 1 amide bonds. The van der Waals surface area contributed by atoms with Crippen LogP contribution >= 0.6 is 0 Å². The first-order valence-corrected chi connectivity index (χ1v) is 7.26. The van der Waals surface area contributed by atoms with Crippen LogP contribution in [-0.4, -0.2) is 22.1 Å². The maximum absolute atomic E-state index is 13.0. The third-order valence-electron chi connectivity index (χ3n) is 3.75. The Labute approximate surface area is 131 Å². The zero-order valence-electron chi connectivity index (χ0n) is 12.4. The van der Waals surface area contributed by atoms with Gasteiger partial charge in [0.15, 0.2) is 5.76 Å². The van der Waals surface area contributed by atoms with E-state index in [1.807, 2.05) is 0 Å². The maximum Gasteiger partial charge on any atom is 0.341 e. The predicted molar refractivity (Wildman–Crippen MR) is 78.1 cm³/mol. The van der Waals surface area contributed by atoms with Gasteiger partial charge in [-0.25, -0.2) is 9.18 Å². The molecule has 1 atom stereocenters. The number of carboxylic acid groups (broad SMARTS) is 1. The number of rotatable bonds is 5. The summed E-state index contributed by atoms with van der Waals surface area (Å²) in [5, 5.41) is 16.0. The molecule has 1 fully saturated rings. The Bertz CT molecular complexity index is 750. The third-order valence-corrected chi connectivity index (χ3v) is 3.75. The topological polar surface area (TPSA) is 92.4 Å². The van der Waals surface area contributed by atoms with E-state index in [1.54, 1.807) is 6.92 Å². The van der Waals surface area contributed by atoms with E-state index in [0.29, 0.717) is 5.56 Å². The minimum atomic E-state index is -1.21. The highest BCUT2D eigenvalue weighted by Crippen LogP contribution is 2.32. The van der Waals surface area contributed by atoms with Gasteiger partial charge >= 0.3 is 5.97 Å². The van der Waals surface area contributed by atoms with Crippen LogP contribution in [0.5, 0.6) is 0 Å². The van der Waals surface area contributed by atoms with Crippen molar-refractivity contribution in [3.05, 3.63) is 41.4 Å². The van der Waals surface area contributed by atoms with Gasteiger partial charge in [-0.05, 0) is 44.0 Å². The molecule has 120 valence electrons. The predicted octanol–water partition coefficient (Wildman–Crippen LogP) is 2.77. The Morgan fingerprint density at radius 1 is 1.35 bits per heavy atom. The lowest BCUT2D eigenvalue weighted by molar-refractivity contribution is -0.123. The van der Waals surface area contributed by atoms with Gasteiger partial charge < -0.3 is 14.9 Å². The molecule has 7 heteroatoms. The van der Waals surface area contributed by atoms with E-state index in [4.69, 9.17) is 4.52 Å². The van der Waals surface area contributed by atoms with E-state index in [2.05, 4.69) is 10.5 Å². The van der Waals surface area contributed by atoms with E-state index in [1.165, 1.54) is 24.3 Å². The maximum atomic E-state index is 13.0. The molecule has 1 aliphatic carbocycles. The Balaban J connectivity index is 1.93. The fourth-order valence-electron chi connectivity index (χ4n) is 2.35. The Hall–Kier alpha value is -2.70. The standard InChI is InChI=1S/C16H15FN2O4/c1-8(18-15(20)10-2-3-10)14-12(16(21)22)13(19-23-14)9-4-6-11(17)7-5-9/h4-8,10H,2-3H2,1H3,(H,18,20)(H,21,22)/t8-/m1/s1. The van der Waals surface area contributed by atoms with Crippen LogP contribution in [0, 0.1) is 11.7 Å². The lowest BCUT2D eigenvalue weighted by Crippen LogP contribution is -2.28. The van der Waals surface area contributed by atoms with Gasteiger partial charge in [-0.3, -0.25) is 4.79 Å². The van der Waals surface area contributed by atoms with Crippen molar-refractivity contribution in [2.75, 3.05) is 0 Å². The molecule has 23 heavy (non-hydrogen) atoms. The summed E-state index contributed by atoms with van der Waals surface area (Å²) >= 11 is 0. The van der Waals surface area contributed by atoms with Crippen molar-refractivity contribution < 1.29 is 23.6 Å². The van der Waals surface area contributed by atoms with Crippen LogP contribution in [-0.2, 0) is 4.79 Å². The molecule has 1 heterocycles. The Kier molecular flexibility index (Phi) is 3.85. The number of carbonyl (C=O) groups is 2. The van der Waals surface area contributed by atoms with Crippen LogP contribution in [0.1, 0.15) is 41.9 Å². The highest BCUT2D eigenvalue weighted by molar-refractivity contribution is 5.96. The summed E-state index contributed by atoms with van der Waals surface area (Å²) in [5.41, 5.74) is 0.416. The van der Waals surface area contributed by atoms with Crippen molar-refractivity contribution in [2.45, 2.75) is 25.8 Å². The second kappa shape index (κ2) is 5.83. The van der Waals surface area contributed by atoms with Gasteiger partial charge in [0.25, 0.3) is 0 Å². The van der Waals surface area contributed by atoms with Gasteiger partial charge in [0, 0.05) is 11.5 Å². The number of amides is 1. The van der Waals surface area contributed by atoms with Crippen LogP contribution in [0.4, 0.5) is 4.39 Å². The van der Waals surface area contributed by atoms with Crippen molar-refractivity contribution in [1.82, 2.24) is 10.5 Å². The van der Waals surface area contributed by atoms with Gasteiger partial charge in [0.1, 0.15) is 17.1 Å². The molecule has 2 aromatic rings. The average molecular weight is 318 g/mol. The largest absolute Gasteiger partial charge is 0.477 e. The first-order chi connectivity index (χ1) is 11.0. The average Bonchev–Trinajstić information content (AvgIpc) is 3.26. The lowest BCUT2D eigenvalue weighted by atomic mass is 10.0. The van der Waals surface area contributed by atoms with Gasteiger partial charge in [-0.1, -0.05) is 5.16 Å². The smallest absolute Gasteiger partial charge is 0.341 e. The molecule has 2 N–H and O–H groups in total. The van der Waals surface area contributed by atoms with Gasteiger partial charge in [-0.15, -0.1) is 0 Å². The number of halogens is 1. The molecule has 1 aliphatic rings. The number of aromatic nitrogens is 1. The summed E-state index contributed by atoms with van der Waals surface area (Å²) < 4.78 is 18.2. The minimum Gasteiger partial charge on any atom is -0.477 e. The second-order valence-electron chi connectivity index (χ2n) is 5.59. The zero-order chi connectivity index (χ0) is 16.6. The van der Waals surface area contributed by atoms with Crippen LogP contribution in [0.2, 0.25) is 0 Å². The van der Waals surface area contributed by atoms with Gasteiger partial charge in [-0.2, -0.15) is 0 Å². The first kappa shape index (κ1) is 15.2. The molecule has 1 aromatic heterocycles. The van der Waals surface area contributed by atoms with E-state index in [0.717, 1.165) is 12.8 Å². The molecule has 1 aromatic carbocycles. The fourth-order valence-corrected chi connectivity index (χ4v) is 2.35. The van der Waals surface area contributed by atoms with Crippen LogP contribution in [0.15, 0.2) is 28.8 Å². The summed E-state index contributed by atoms with van der Waals surface area (Å²) in [6.45, 7) is 1.64. The third kappa shape index (κ3) is 3.08. The molecule has 0 unspecified atom stereocenters. The highest BCUT2D eigenvalue weighted by atomic mass is 19.1. The van der Waals surface area contributed by atoms with E-state index < -0.39 is 17.8 Å². The molecule has 6 nitrogen and oxygen atoms in total. The summed E-state index contributed by atoms with van der Waals surface area (Å²) in [5.74, 6) is -1.68. The molecular weight excluding hydrogens is 303 g/mol. The molecule has 0 spiro atoms. The number of benzene rings is 1. The quantitative estimate of drug-likeness (QED) is 0.884. The Morgan fingerprint density at radius 3 is 2.57 bits per heavy atom. The summed E-state index contributed by atoms with van der Waals surface area (Å²) in [4.78, 5) is 23.4. The number of hydrogen-bond acceptors (Lipinski definition) is 4. The van der Waals surface area contributed by atoms with E-state index in [9.17, 15) is 19.1 Å². The molecule has 0 aliphatic heterocycles.